The summed E-state index contributed by atoms with van der Waals surface area (Å²) in [6.45, 7) is 3.90. The summed E-state index contributed by atoms with van der Waals surface area (Å²) in [6.07, 6.45) is -0.401. The molecule has 0 bridgehead atoms. The first-order chi connectivity index (χ1) is 8.08. The van der Waals surface area contributed by atoms with E-state index in [9.17, 15) is 5.11 Å². The highest BCUT2D eigenvalue weighted by atomic mass is 16.5. The van der Waals surface area contributed by atoms with Crippen LogP contribution in [0.25, 0.3) is 0 Å². The van der Waals surface area contributed by atoms with Gasteiger partial charge in [0.1, 0.15) is 17.6 Å². The summed E-state index contributed by atoms with van der Waals surface area (Å²) in [4.78, 5) is 0. The van der Waals surface area contributed by atoms with Crippen molar-refractivity contribution in [1.82, 2.24) is 0 Å². The van der Waals surface area contributed by atoms with Gasteiger partial charge in [-0.3, -0.25) is 0 Å². The van der Waals surface area contributed by atoms with Crippen LogP contribution in [0.2, 0.25) is 0 Å². The van der Waals surface area contributed by atoms with E-state index >= 15 is 0 Å². The summed E-state index contributed by atoms with van der Waals surface area (Å²) in [5.41, 5.74) is 5.97. The number of hydrogen-bond donors (Lipinski definition) is 2. The first-order valence-corrected chi connectivity index (χ1v) is 5.75. The number of aliphatic hydroxyl groups is 1. The number of ether oxygens (including phenoxy) is 2. The minimum atomic E-state index is -0.401. The van der Waals surface area contributed by atoms with Crippen LogP contribution in [-0.2, 0) is 0 Å². The molecular formula is C13H21NO3. The summed E-state index contributed by atoms with van der Waals surface area (Å²) in [7, 11) is 1.60. The van der Waals surface area contributed by atoms with Crippen molar-refractivity contribution in [1.29, 1.82) is 0 Å². The van der Waals surface area contributed by atoms with Crippen molar-refractivity contribution in [3.8, 4) is 11.5 Å². The van der Waals surface area contributed by atoms with E-state index in [1.807, 2.05) is 32.0 Å². The Balaban J connectivity index is 2.73. The number of methoxy groups -OCH3 is 1. The molecule has 2 unspecified atom stereocenters. The van der Waals surface area contributed by atoms with Gasteiger partial charge in [0.25, 0.3) is 0 Å². The van der Waals surface area contributed by atoms with Gasteiger partial charge in [0, 0.05) is 12.1 Å². The summed E-state index contributed by atoms with van der Waals surface area (Å²) >= 11 is 0. The monoisotopic (exact) mass is 239 g/mol. The third-order valence-electron chi connectivity index (χ3n) is 2.71. The van der Waals surface area contributed by atoms with Crippen LogP contribution in [0.1, 0.15) is 13.8 Å². The predicted molar refractivity (Wildman–Crippen MR) is 67.3 cm³/mol. The van der Waals surface area contributed by atoms with Crippen LogP contribution in [0.5, 0.6) is 11.5 Å². The Morgan fingerprint density at radius 1 is 1.29 bits per heavy atom. The fourth-order valence-electron chi connectivity index (χ4n) is 1.52. The molecule has 0 radical (unpaired) electrons. The minimum Gasteiger partial charge on any atom is -0.497 e. The van der Waals surface area contributed by atoms with Crippen LogP contribution in [0.15, 0.2) is 24.3 Å². The molecule has 0 amide bonds. The van der Waals surface area contributed by atoms with Crippen LogP contribution >= 0.6 is 0 Å². The molecule has 0 spiro atoms. The second-order valence-electron chi connectivity index (χ2n) is 4.34. The van der Waals surface area contributed by atoms with E-state index in [2.05, 4.69) is 0 Å². The molecule has 0 aliphatic carbocycles. The summed E-state index contributed by atoms with van der Waals surface area (Å²) < 4.78 is 10.8. The molecule has 0 aromatic heterocycles. The normalized spacial score (nSPS) is 14.5. The van der Waals surface area contributed by atoms with Gasteiger partial charge in [0.15, 0.2) is 0 Å². The average molecular weight is 239 g/mol. The lowest BCUT2D eigenvalue weighted by Crippen LogP contribution is -2.45. The fourth-order valence-corrected chi connectivity index (χ4v) is 1.52. The van der Waals surface area contributed by atoms with Crippen LogP contribution in [0.4, 0.5) is 0 Å². The van der Waals surface area contributed by atoms with Gasteiger partial charge in [-0.1, -0.05) is 19.9 Å². The predicted octanol–water partition coefficient (Wildman–Crippen LogP) is 1.42. The quantitative estimate of drug-likeness (QED) is 0.788. The zero-order chi connectivity index (χ0) is 12.8. The van der Waals surface area contributed by atoms with Crippen molar-refractivity contribution in [3.63, 3.8) is 0 Å². The van der Waals surface area contributed by atoms with E-state index in [0.717, 1.165) is 5.75 Å². The van der Waals surface area contributed by atoms with Crippen LogP contribution in [0.3, 0.4) is 0 Å². The molecule has 4 heteroatoms. The van der Waals surface area contributed by atoms with Crippen LogP contribution in [0, 0.1) is 5.92 Å². The Kier molecular flexibility index (Phi) is 5.25. The highest BCUT2D eigenvalue weighted by Crippen LogP contribution is 2.21. The van der Waals surface area contributed by atoms with E-state index in [0.29, 0.717) is 5.75 Å². The zero-order valence-electron chi connectivity index (χ0n) is 10.6. The molecule has 0 heterocycles. The largest absolute Gasteiger partial charge is 0.497 e. The Bertz CT molecular complexity index is 341. The average Bonchev–Trinajstić information content (AvgIpc) is 2.35. The Morgan fingerprint density at radius 3 is 2.47 bits per heavy atom. The van der Waals surface area contributed by atoms with Gasteiger partial charge in [-0.2, -0.15) is 0 Å². The third kappa shape index (κ3) is 3.91. The topological polar surface area (TPSA) is 64.7 Å². The van der Waals surface area contributed by atoms with Crippen molar-refractivity contribution >= 4 is 0 Å². The lowest BCUT2D eigenvalue weighted by atomic mass is 10.00. The van der Waals surface area contributed by atoms with Gasteiger partial charge in [-0.05, 0) is 18.1 Å². The molecule has 0 saturated heterocycles. The Morgan fingerprint density at radius 2 is 1.94 bits per heavy atom. The van der Waals surface area contributed by atoms with Crippen molar-refractivity contribution in [2.24, 2.45) is 11.7 Å². The number of rotatable bonds is 6. The van der Waals surface area contributed by atoms with Gasteiger partial charge in [-0.15, -0.1) is 0 Å². The zero-order valence-corrected chi connectivity index (χ0v) is 10.6. The number of aliphatic hydroxyl groups excluding tert-OH is 1. The van der Waals surface area contributed by atoms with E-state index < -0.39 is 6.10 Å². The molecule has 0 aliphatic heterocycles. The second-order valence-corrected chi connectivity index (χ2v) is 4.34. The number of nitrogens with two attached hydrogens (primary N) is 1. The van der Waals surface area contributed by atoms with Gasteiger partial charge in [-0.25, -0.2) is 0 Å². The summed E-state index contributed by atoms with van der Waals surface area (Å²) in [5.74, 6) is 1.62. The van der Waals surface area contributed by atoms with Crippen molar-refractivity contribution < 1.29 is 14.6 Å². The molecule has 2 atom stereocenters. The Hall–Kier alpha value is -1.26. The highest BCUT2D eigenvalue weighted by molar-refractivity contribution is 5.33. The summed E-state index contributed by atoms with van der Waals surface area (Å²) in [6, 6.07) is 7.06. The smallest absolute Gasteiger partial charge is 0.137 e. The highest BCUT2D eigenvalue weighted by Gasteiger charge is 2.21. The number of benzene rings is 1. The standard InChI is InChI=1S/C13H21NO3/c1-9(2)13(14)12(8-15)17-11-6-4-5-10(7-11)16-3/h4-7,9,12-13,15H,8,14H2,1-3H3. The SMILES string of the molecule is COc1cccc(OC(CO)C(N)C(C)C)c1. The maximum Gasteiger partial charge on any atom is 0.137 e. The summed E-state index contributed by atoms with van der Waals surface area (Å²) in [5, 5.41) is 9.30. The first-order valence-electron chi connectivity index (χ1n) is 5.75. The molecule has 17 heavy (non-hydrogen) atoms. The molecule has 1 aromatic rings. The van der Waals surface area contributed by atoms with E-state index in [1.54, 1.807) is 13.2 Å². The minimum absolute atomic E-state index is 0.101. The van der Waals surface area contributed by atoms with Gasteiger partial charge >= 0.3 is 0 Å². The van der Waals surface area contributed by atoms with E-state index in [1.165, 1.54) is 0 Å². The maximum absolute atomic E-state index is 9.30. The van der Waals surface area contributed by atoms with Gasteiger partial charge in [0.2, 0.25) is 0 Å². The fraction of sp³-hybridized carbons (Fsp3) is 0.538. The molecule has 1 rings (SSSR count). The van der Waals surface area contributed by atoms with Crippen molar-refractivity contribution in [2.45, 2.75) is 26.0 Å². The molecule has 0 fully saturated rings. The Labute approximate surface area is 102 Å². The van der Waals surface area contributed by atoms with E-state index in [4.69, 9.17) is 15.2 Å². The molecular weight excluding hydrogens is 218 g/mol. The molecule has 1 aromatic carbocycles. The third-order valence-corrected chi connectivity index (χ3v) is 2.71. The molecule has 4 nitrogen and oxygen atoms in total. The van der Waals surface area contributed by atoms with E-state index in [-0.39, 0.29) is 18.6 Å². The molecule has 96 valence electrons. The number of hydrogen-bond acceptors (Lipinski definition) is 4. The second kappa shape index (κ2) is 6.47. The lowest BCUT2D eigenvalue weighted by molar-refractivity contribution is 0.0809. The van der Waals surface area contributed by atoms with Crippen molar-refractivity contribution in [2.75, 3.05) is 13.7 Å². The van der Waals surface area contributed by atoms with Crippen LogP contribution in [-0.4, -0.2) is 31.0 Å². The first kappa shape index (κ1) is 13.8. The molecule has 3 N–H and O–H groups in total. The van der Waals surface area contributed by atoms with Gasteiger partial charge in [0.05, 0.1) is 13.7 Å². The lowest BCUT2D eigenvalue weighted by Gasteiger charge is -2.26. The van der Waals surface area contributed by atoms with Crippen LogP contribution < -0.4 is 15.2 Å². The maximum atomic E-state index is 9.30. The molecule has 0 aliphatic rings. The van der Waals surface area contributed by atoms with Crippen molar-refractivity contribution in [3.05, 3.63) is 24.3 Å². The molecule has 0 saturated carbocycles. The van der Waals surface area contributed by atoms with Gasteiger partial charge < -0.3 is 20.3 Å².